The maximum atomic E-state index is 10.9. The van der Waals surface area contributed by atoms with Crippen LogP contribution >= 0.6 is 11.3 Å². The summed E-state index contributed by atoms with van der Waals surface area (Å²) in [7, 11) is 1.86. The summed E-state index contributed by atoms with van der Waals surface area (Å²) in [4.78, 5) is 12.2. The lowest BCUT2D eigenvalue weighted by molar-refractivity contribution is 0.0702. The third-order valence-corrected chi connectivity index (χ3v) is 3.65. The summed E-state index contributed by atoms with van der Waals surface area (Å²) in [6.07, 6.45) is 1.92. The minimum Gasteiger partial charge on any atom is -0.477 e. The molecule has 0 aliphatic rings. The molecule has 0 spiro atoms. The first-order chi connectivity index (χ1) is 7.49. The highest BCUT2D eigenvalue weighted by Crippen LogP contribution is 2.33. The summed E-state index contributed by atoms with van der Waals surface area (Å²) in [5.41, 5.74) is 2.92. The molecule has 4 nitrogen and oxygen atoms in total. The minimum atomic E-state index is -0.874. The van der Waals surface area contributed by atoms with E-state index in [2.05, 4.69) is 5.10 Å². The molecule has 0 fully saturated rings. The van der Waals surface area contributed by atoms with E-state index in [1.807, 2.05) is 27.1 Å². The Morgan fingerprint density at radius 3 is 2.62 bits per heavy atom. The standard InChI is InChI=1S/C11H12N2O2S/c1-6-4-9(11(14)15)16-10(6)8-5-13(3)12-7(8)2/h4-5H,1-3H3,(H,14,15). The van der Waals surface area contributed by atoms with Gasteiger partial charge in [-0.25, -0.2) is 4.79 Å². The summed E-state index contributed by atoms with van der Waals surface area (Å²) < 4.78 is 1.74. The van der Waals surface area contributed by atoms with Crippen LogP contribution in [0.15, 0.2) is 12.3 Å². The molecule has 2 rings (SSSR count). The molecule has 2 aromatic heterocycles. The number of aromatic nitrogens is 2. The van der Waals surface area contributed by atoms with Crippen molar-refractivity contribution in [2.24, 2.45) is 7.05 Å². The van der Waals surface area contributed by atoms with Crippen molar-refractivity contribution in [3.8, 4) is 10.4 Å². The van der Waals surface area contributed by atoms with Crippen molar-refractivity contribution in [2.45, 2.75) is 13.8 Å². The Labute approximate surface area is 97.2 Å². The molecule has 16 heavy (non-hydrogen) atoms. The van der Waals surface area contributed by atoms with Crippen molar-refractivity contribution in [3.05, 3.63) is 28.4 Å². The molecule has 0 aliphatic carbocycles. The summed E-state index contributed by atoms with van der Waals surface area (Å²) in [5.74, 6) is -0.874. The zero-order valence-corrected chi connectivity index (χ0v) is 10.1. The van der Waals surface area contributed by atoms with E-state index in [4.69, 9.17) is 5.11 Å². The van der Waals surface area contributed by atoms with Crippen LogP contribution in [0.4, 0.5) is 0 Å². The van der Waals surface area contributed by atoms with Crippen molar-refractivity contribution in [1.82, 2.24) is 9.78 Å². The van der Waals surface area contributed by atoms with Crippen LogP contribution in [0.25, 0.3) is 10.4 Å². The highest BCUT2D eigenvalue weighted by molar-refractivity contribution is 7.17. The zero-order chi connectivity index (χ0) is 11.9. The lowest BCUT2D eigenvalue weighted by Crippen LogP contribution is -1.89. The van der Waals surface area contributed by atoms with Crippen LogP contribution in [0.3, 0.4) is 0 Å². The van der Waals surface area contributed by atoms with Gasteiger partial charge in [-0.05, 0) is 25.5 Å². The third kappa shape index (κ3) is 1.74. The van der Waals surface area contributed by atoms with Gasteiger partial charge in [0.15, 0.2) is 0 Å². The minimum absolute atomic E-state index is 0.371. The van der Waals surface area contributed by atoms with Gasteiger partial charge < -0.3 is 5.11 Å². The lowest BCUT2D eigenvalue weighted by Gasteiger charge is -1.95. The number of nitrogens with zero attached hydrogens (tertiary/aromatic N) is 2. The molecule has 5 heteroatoms. The number of thiophene rings is 1. The molecule has 0 amide bonds. The number of hydrogen-bond donors (Lipinski definition) is 1. The molecule has 0 unspecified atom stereocenters. The fourth-order valence-electron chi connectivity index (χ4n) is 1.68. The number of aromatic carboxylic acids is 1. The molecule has 0 aliphatic heterocycles. The third-order valence-electron chi connectivity index (χ3n) is 2.39. The number of carbonyl (C=O) groups is 1. The van der Waals surface area contributed by atoms with Gasteiger partial charge in [-0.1, -0.05) is 0 Å². The van der Waals surface area contributed by atoms with E-state index in [1.165, 1.54) is 11.3 Å². The summed E-state index contributed by atoms with van der Waals surface area (Å²) in [6.45, 7) is 3.85. The molecule has 1 N–H and O–H groups in total. The number of aryl methyl sites for hydroxylation is 3. The molecule has 2 heterocycles. The smallest absolute Gasteiger partial charge is 0.345 e. The molecular weight excluding hydrogens is 224 g/mol. The van der Waals surface area contributed by atoms with Gasteiger partial charge in [-0.15, -0.1) is 11.3 Å². The Morgan fingerprint density at radius 1 is 1.50 bits per heavy atom. The van der Waals surface area contributed by atoms with Gasteiger partial charge in [0.25, 0.3) is 0 Å². The van der Waals surface area contributed by atoms with Crippen LogP contribution in [0.2, 0.25) is 0 Å². The summed E-state index contributed by atoms with van der Waals surface area (Å²) >= 11 is 1.30. The average Bonchev–Trinajstić information content (AvgIpc) is 2.69. The van der Waals surface area contributed by atoms with Crippen molar-refractivity contribution in [1.29, 1.82) is 0 Å². The SMILES string of the molecule is Cc1cc(C(=O)O)sc1-c1cn(C)nc1C. The Kier molecular flexibility index (Phi) is 2.55. The first-order valence-corrected chi connectivity index (χ1v) is 5.65. The first-order valence-electron chi connectivity index (χ1n) is 4.83. The molecule has 0 bridgehead atoms. The van der Waals surface area contributed by atoms with Crippen LogP contribution in [-0.2, 0) is 7.05 Å². The Bertz CT molecular complexity index is 554. The largest absolute Gasteiger partial charge is 0.477 e. The van der Waals surface area contributed by atoms with E-state index in [0.29, 0.717) is 4.88 Å². The second-order valence-corrected chi connectivity index (χ2v) is 4.78. The van der Waals surface area contributed by atoms with E-state index in [0.717, 1.165) is 21.7 Å². The first kappa shape index (κ1) is 10.9. The second-order valence-electron chi connectivity index (χ2n) is 3.73. The molecule has 0 saturated carbocycles. The molecule has 84 valence electrons. The van der Waals surface area contributed by atoms with Gasteiger partial charge in [0.2, 0.25) is 0 Å². The van der Waals surface area contributed by atoms with Crippen LogP contribution in [-0.4, -0.2) is 20.9 Å². The Hall–Kier alpha value is -1.62. The molecular formula is C11H12N2O2S. The summed E-state index contributed by atoms with van der Waals surface area (Å²) in [5, 5.41) is 13.2. The maximum absolute atomic E-state index is 10.9. The number of hydrogen-bond acceptors (Lipinski definition) is 3. The van der Waals surface area contributed by atoms with Gasteiger partial charge in [0.05, 0.1) is 5.69 Å². The Balaban J connectivity index is 2.56. The molecule has 0 aromatic carbocycles. The van der Waals surface area contributed by atoms with Crippen molar-refractivity contribution in [2.75, 3.05) is 0 Å². The normalized spacial score (nSPS) is 10.7. The quantitative estimate of drug-likeness (QED) is 0.871. The summed E-state index contributed by atoms with van der Waals surface area (Å²) in [6, 6.07) is 1.70. The maximum Gasteiger partial charge on any atom is 0.345 e. The van der Waals surface area contributed by atoms with Crippen molar-refractivity contribution < 1.29 is 9.90 Å². The number of carboxylic acids is 1. The zero-order valence-electron chi connectivity index (χ0n) is 9.31. The van der Waals surface area contributed by atoms with Gasteiger partial charge >= 0.3 is 5.97 Å². The lowest BCUT2D eigenvalue weighted by atomic mass is 10.1. The number of rotatable bonds is 2. The average molecular weight is 236 g/mol. The van der Waals surface area contributed by atoms with Gasteiger partial charge in [-0.3, -0.25) is 4.68 Å². The van der Waals surface area contributed by atoms with E-state index in [1.54, 1.807) is 10.7 Å². The van der Waals surface area contributed by atoms with Crippen LogP contribution < -0.4 is 0 Å². The van der Waals surface area contributed by atoms with E-state index in [9.17, 15) is 4.79 Å². The highest BCUT2D eigenvalue weighted by Gasteiger charge is 2.15. The fourth-order valence-corrected chi connectivity index (χ4v) is 2.75. The second kappa shape index (κ2) is 3.75. The molecule has 0 atom stereocenters. The van der Waals surface area contributed by atoms with E-state index >= 15 is 0 Å². The molecule has 2 aromatic rings. The topological polar surface area (TPSA) is 55.1 Å². The monoisotopic (exact) mass is 236 g/mol. The number of carboxylic acid groups (broad SMARTS) is 1. The van der Waals surface area contributed by atoms with Gasteiger partial charge in [0.1, 0.15) is 4.88 Å². The Morgan fingerprint density at radius 2 is 2.19 bits per heavy atom. The van der Waals surface area contributed by atoms with Crippen LogP contribution in [0.1, 0.15) is 20.9 Å². The van der Waals surface area contributed by atoms with Gasteiger partial charge in [-0.2, -0.15) is 5.10 Å². The van der Waals surface area contributed by atoms with Crippen LogP contribution in [0.5, 0.6) is 0 Å². The molecule has 0 radical (unpaired) electrons. The van der Waals surface area contributed by atoms with Crippen molar-refractivity contribution in [3.63, 3.8) is 0 Å². The predicted octanol–water partition coefficient (Wildman–Crippen LogP) is 2.46. The highest BCUT2D eigenvalue weighted by atomic mass is 32.1. The van der Waals surface area contributed by atoms with E-state index < -0.39 is 5.97 Å². The molecule has 0 saturated heterocycles. The van der Waals surface area contributed by atoms with Gasteiger partial charge in [0, 0.05) is 23.7 Å². The van der Waals surface area contributed by atoms with Crippen LogP contribution in [0, 0.1) is 13.8 Å². The van der Waals surface area contributed by atoms with E-state index in [-0.39, 0.29) is 0 Å². The fraction of sp³-hybridized carbons (Fsp3) is 0.273. The predicted molar refractivity (Wildman–Crippen MR) is 63.0 cm³/mol. The van der Waals surface area contributed by atoms with Crippen molar-refractivity contribution >= 4 is 17.3 Å².